The molecule has 0 aliphatic rings. The van der Waals surface area contributed by atoms with E-state index in [1.165, 1.54) is 26.4 Å². The fourth-order valence-corrected chi connectivity index (χ4v) is 2.18. The van der Waals surface area contributed by atoms with Crippen molar-refractivity contribution in [1.82, 2.24) is 0 Å². The first kappa shape index (κ1) is 19.3. The molecule has 0 aliphatic heterocycles. The average Bonchev–Trinajstić information content (AvgIpc) is 2.64. The highest BCUT2D eigenvalue weighted by Crippen LogP contribution is 2.31. The number of carbonyl (C=O) groups excluding carboxylic acids is 1. The van der Waals surface area contributed by atoms with E-state index in [1.807, 2.05) is 0 Å². The van der Waals surface area contributed by atoms with Crippen molar-refractivity contribution in [2.75, 3.05) is 14.2 Å². The lowest BCUT2D eigenvalue weighted by atomic mass is 10.0. The molecule has 0 aliphatic carbocycles. The minimum atomic E-state index is -4.46. The second-order valence-electron chi connectivity index (χ2n) is 5.09. The Bertz CT molecular complexity index is 803. The van der Waals surface area contributed by atoms with E-state index in [0.29, 0.717) is 11.1 Å². The molecular weight excluding hydrogens is 351 g/mol. The number of oxime groups is 1. The molecule has 2 aromatic rings. The summed E-state index contributed by atoms with van der Waals surface area (Å²) in [5, 5.41) is 3.67. The van der Waals surface area contributed by atoms with Gasteiger partial charge in [0, 0.05) is 5.56 Å². The van der Waals surface area contributed by atoms with Gasteiger partial charge in [-0.3, -0.25) is 0 Å². The van der Waals surface area contributed by atoms with Crippen LogP contribution in [0.5, 0.6) is 5.75 Å². The van der Waals surface area contributed by atoms with Crippen molar-refractivity contribution in [3.63, 3.8) is 0 Å². The van der Waals surface area contributed by atoms with Gasteiger partial charge in [0.05, 0.1) is 12.7 Å². The van der Waals surface area contributed by atoms with Crippen LogP contribution in [0.25, 0.3) is 0 Å². The maximum atomic E-state index is 12.8. The molecule has 5 nitrogen and oxygen atoms in total. The monoisotopic (exact) mass is 367 g/mol. The van der Waals surface area contributed by atoms with Gasteiger partial charge < -0.3 is 14.3 Å². The van der Waals surface area contributed by atoms with Gasteiger partial charge in [-0.05, 0) is 23.8 Å². The van der Waals surface area contributed by atoms with Gasteiger partial charge in [-0.2, -0.15) is 13.2 Å². The lowest BCUT2D eigenvalue weighted by Crippen LogP contribution is -2.19. The number of benzene rings is 2. The van der Waals surface area contributed by atoms with Crippen LogP contribution in [0.3, 0.4) is 0 Å². The van der Waals surface area contributed by atoms with Crippen LogP contribution in [0.2, 0.25) is 0 Å². The predicted octanol–water partition coefficient (Wildman–Crippen LogP) is 3.81. The number of carbonyl (C=O) groups is 1. The maximum absolute atomic E-state index is 12.8. The molecule has 0 heterocycles. The summed E-state index contributed by atoms with van der Waals surface area (Å²) in [5.74, 6) is -0.656. The van der Waals surface area contributed by atoms with Crippen molar-refractivity contribution in [3.05, 3.63) is 65.2 Å². The zero-order chi connectivity index (χ0) is 19.2. The summed E-state index contributed by atoms with van der Waals surface area (Å²) in [7, 11) is 2.49. The number of hydrogen-bond donors (Lipinski definition) is 0. The topological polar surface area (TPSA) is 57.1 Å². The summed E-state index contributed by atoms with van der Waals surface area (Å²) in [6, 6.07) is 11.2. The van der Waals surface area contributed by atoms with E-state index in [1.54, 1.807) is 24.3 Å². The summed E-state index contributed by atoms with van der Waals surface area (Å²) >= 11 is 0. The molecule has 26 heavy (non-hydrogen) atoms. The molecule has 8 heteroatoms. The Morgan fingerprint density at radius 2 is 1.81 bits per heavy atom. The Kier molecular flexibility index (Phi) is 6.21. The third-order valence-corrected chi connectivity index (χ3v) is 3.39. The van der Waals surface area contributed by atoms with Crippen LogP contribution < -0.4 is 4.74 Å². The second-order valence-corrected chi connectivity index (χ2v) is 5.09. The van der Waals surface area contributed by atoms with Gasteiger partial charge in [-0.1, -0.05) is 35.5 Å². The van der Waals surface area contributed by atoms with Gasteiger partial charge in [-0.15, -0.1) is 0 Å². The third kappa shape index (κ3) is 4.75. The summed E-state index contributed by atoms with van der Waals surface area (Å²) in [5.41, 5.74) is 0.0528. The minimum absolute atomic E-state index is 0.0536. The zero-order valence-electron chi connectivity index (χ0n) is 14.0. The number of nitrogens with zero attached hydrogens (tertiary/aromatic N) is 1. The first-order chi connectivity index (χ1) is 12.4. The lowest BCUT2D eigenvalue weighted by molar-refractivity contribution is -0.137. The standard InChI is InChI=1S/C18H16F3NO4/c1-24-17(23)16(22-25-2)15-9-4-3-6-12(15)11-26-14-8-5-7-13(10-14)18(19,20)21/h3-10H,11H2,1-2H3/b22-16+. The first-order valence-corrected chi connectivity index (χ1v) is 7.44. The fraction of sp³-hybridized carbons (Fsp3) is 0.222. The number of halogens is 3. The Morgan fingerprint density at radius 3 is 2.46 bits per heavy atom. The normalized spacial score (nSPS) is 11.8. The van der Waals surface area contributed by atoms with Crippen LogP contribution >= 0.6 is 0 Å². The molecule has 0 spiro atoms. The minimum Gasteiger partial charge on any atom is -0.489 e. The van der Waals surface area contributed by atoms with Gasteiger partial charge in [0.2, 0.25) is 0 Å². The average molecular weight is 367 g/mol. The Morgan fingerprint density at radius 1 is 1.08 bits per heavy atom. The van der Waals surface area contributed by atoms with E-state index in [9.17, 15) is 18.0 Å². The molecule has 0 radical (unpaired) electrons. The van der Waals surface area contributed by atoms with Crippen LogP contribution in [0.15, 0.2) is 53.7 Å². The first-order valence-electron chi connectivity index (χ1n) is 7.44. The number of ether oxygens (including phenoxy) is 2. The molecule has 0 aromatic heterocycles. The van der Waals surface area contributed by atoms with E-state index < -0.39 is 17.7 Å². The number of esters is 1. The highest BCUT2D eigenvalue weighted by atomic mass is 19.4. The van der Waals surface area contributed by atoms with E-state index in [0.717, 1.165) is 12.1 Å². The number of alkyl halides is 3. The van der Waals surface area contributed by atoms with Gasteiger partial charge in [0.1, 0.15) is 19.5 Å². The van der Waals surface area contributed by atoms with Crippen molar-refractivity contribution in [1.29, 1.82) is 0 Å². The smallest absolute Gasteiger partial charge is 0.416 e. The lowest BCUT2D eigenvalue weighted by Gasteiger charge is -2.13. The molecule has 0 atom stereocenters. The molecule has 0 saturated carbocycles. The van der Waals surface area contributed by atoms with Crippen LogP contribution in [0.4, 0.5) is 13.2 Å². The second kappa shape index (κ2) is 8.37. The summed E-state index contributed by atoms with van der Waals surface area (Å²) in [6.07, 6.45) is -4.46. The van der Waals surface area contributed by atoms with Crippen molar-refractivity contribution in [2.45, 2.75) is 12.8 Å². The van der Waals surface area contributed by atoms with Gasteiger partial charge in [0.15, 0.2) is 5.71 Å². The highest BCUT2D eigenvalue weighted by Gasteiger charge is 2.30. The molecule has 0 amide bonds. The van der Waals surface area contributed by atoms with Crippen LogP contribution in [-0.2, 0) is 27.2 Å². The molecule has 0 saturated heterocycles. The van der Waals surface area contributed by atoms with Gasteiger partial charge in [0.25, 0.3) is 0 Å². The van der Waals surface area contributed by atoms with E-state index in [-0.39, 0.29) is 18.1 Å². The van der Waals surface area contributed by atoms with E-state index in [4.69, 9.17) is 4.74 Å². The van der Waals surface area contributed by atoms with Crippen LogP contribution in [-0.4, -0.2) is 25.9 Å². The van der Waals surface area contributed by atoms with E-state index >= 15 is 0 Å². The zero-order valence-corrected chi connectivity index (χ0v) is 14.0. The Labute approximate surface area is 148 Å². The van der Waals surface area contributed by atoms with Crippen molar-refractivity contribution in [3.8, 4) is 5.75 Å². The van der Waals surface area contributed by atoms with Crippen molar-refractivity contribution in [2.24, 2.45) is 5.16 Å². The molecular formula is C18H16F3NO4. The summed E-state index contributed by atoms with van der Waals surface area (Å²) < 4.78 is 48.5. The third-order valence-electron chi connectivity index (χ3n) is 3.39. The molecule has 0 unspecified atom stereocenters. The Hall–Kier alpha value is -3.03. The quantitative estimate of drug-likeness (QED) is 0.443. The summed E-state index contributed by atoms with van der Waals surface area (Å²) in [6.45, 7) is -0.0722. The number of hydrogen-bond acceptors (Lipinski definition) is 5. The number of methoxy groups -OCH3 is 1. The maximum Gasteiger partial charge on any atom is 0.416 e. The summed E-state index contributed by atoms with van der Waals surface area (Å²) in [4.78, 5) is 16.6. The largest absolute Gasteiger partial charge is 0.489 e. The molecule has 0 fully saturated rings. The Balaban J connectivity index is 2.26. The predicted molar refractivity (Wildman–Crippen MR) is 87.8 cm³/mol. The van der Waals surface area contributed by atoms with Gasteiger partial charge >= 0.3 is 12.1 Å². The fourth-order valence-electron chi connectivity index (χ4n) is 2.18. The van der Waals surface area contributed by atoms with E-state index in [2.05, 4.69) is 14.7 Å². The van der Waals surface area contributed by atoms with Crippen LogP contribution in [0.1, 0.15) is 16.7 Å². The van der Waals surface area contributed by atoms with Crippen molar-refractivity contribution < 1.29 is 32.3 Å². The SMILES string of the molecule is CO/N=C(/C(=O)OC)c1ccccc1COc1cccc(C(F)(F)F)c1. The van der Waals surface area contributed by atoms with Crippen molar-refractivity contribution >= 4 is 11.7 Å². The van der Waals surface area contributed by atoms with Crippen LogP contribution in [0, 0.1) is 0 Å². The highest BCUT2D eigenvalue weighted by molar-refractivity contribution is 6.43. The molecule has 138 valence electrons. The molecule has 2 rings (SSSR count). The molecule has 2 aromatic carbocycles. The van der Waals surface area contributed by atoms with Gasteiger partial charge in [-0.25, -0.2) is 4.79 Å². The molecule has 0 N–H and O–H groups in total. The number of rotatable bonds is 6. The molecule has 0 bridgehead atoms.